The third-order valence-corrected chi connectivity index (χ3v) is 6.14. The molecule has 28 heavy (non-hydrogen) atoms. The van der Waals surface area contributed by atoms with E-state index in [1.165, 1.54) is 0 Å². The molecule has 5 nitrogen and oxygen atoms in total. The van der Waals surface area contributed by atoms with E-state index >= 15 is 0 Å². The molecule has 0 saturated heterocycles. The highest BCUT2D eigenvalue weighted by Gasteiger charge is 2.39. The zero-order valence-electron chi connectivity index (χ0n) is 17.3. The minimum atomic E-state index is -1.20. The van der Waals surface area contributed by atoms with E-state index in [9.17, 15) is 14.7 Å². The molecule has 0 bridgehead atoms. The Morgan fingerprint density at radius 2 is 2.04 bits per heavy atom. The number of nitrogens with one attached hydrogen (secondary N) is 1. The van der Waals surface area contributed by atoms with Gasteiger partial charge in [-0.1, -0.05) is 34.1 Å². The summed E-state index contributed by atoms with van der Waals surface area (Å²) >= 11 is 0. The van der Waals surface area contributed by atoms with Crippen LogP contribution in [0.15, 0.2) is 23.0 Å². The molecule has 2 N–H and O–H groups in total. The van der Waals surface area contributed by atoms with Crippen LogP contribution in [0.4, 0.5) is 0 Å². The molecule has 1 aromatic carbocycles. The summed E-state index contributed by atoms with van der Waals surface area (Å²) in [5.41, 5.74) is 3.67. The minimum Gasteiger partial charge on any atom is -0.493 e. The first-order valence-corrected chi connectivity index (χ1v) is 9.96. The largest absolute Gasteiger partial charge is 0.493 e. The van der Waals surface area contributed by atoms with Crippen molar-refractivity contribution in [1.29, 1.82) is 0 Å². The van der Waals surface area contributed by atoms with Crippen molar-refractivity contribution in [3.63, 3.8) is 0 Å². The third kappa shape index (κ3) is 3.34. The second-order valence-corrected chi connectivity index (χ2v) is 8.33. The van der Waals surface area contributed by atoms with Gasteiger partial charge in [-0.3, -0.25) is 4.79 Å². The van der Waals surface area contributed by atoms with Gasteiger partial charge in [0.2, 0.25) is 0 Å². The van der Waals surface area contributed by atoms with E-state index in [0.717, 1.165) is 53.0 Å². The highest BCUT2D eigenvalue weighted by atomic mass is 16.5. The van der Waals surface area contributed by atoms with Crippen molar-refractivity contribution in [2.75, 3.05) is 6.61 Å². The molecule has 1 aromatic heterocycles. The van der Waals surface area contributed by atoms with E-state index in [1.807, 2.05) is 13.0 Å². The van der Waals surface area contributed by atoms with Crippen LogP contribution < -0.4 is 10.3 Å². The van der Waals surface area contributed by atoms with Crippen LogP contribution in [0.25, 0.3) is 11.3 Å². The van der Waals surface area contributed by atoms with Gasteiger partial charge in [-0.2, -0.15) is 0 Å². The Balaban J connectivity index is 2.21. The fourth-order valence-electron chi connectivity index (χ4n) is 3.95. The molecule has 0 spiro atoms. The van der Waals surface area contributed by atoms with Gasteiger partial charge in [0.1, 0.15) is 11.3 Å². The van der Waals surface area contributed by atoms with Crippen molar-refractivity contribution >= 4 is 5.97 Å². The quantitative estimate of drug-likeness (QED) is 0.709. The van der Waals surface area contributed by atoms with Crippen LogP contribution in [0.3, 0.4) is 0 Å². The normalized spacial score (nSPS) is 17.9. The molecule has 150 valence electrons. The number of aromatic nitrogens is 1. The summed E-state index contributed by atoms with van der Waals surface area (Å²) in [5.74, 6) is -0.0548. The van der Waals surface area contributed by atoms with E-state index < -0.39 is 11.5 Å². The molecule has 1 heterocycles. The zero-order chi connectivity index (χ0) is 20.6. The van der Waals surface area contributed by atoms with Crippen molar-refractivity contribution in [2.45, 2.75) is 59.3 Å². The van der Waals surface area contributed by atoms with Gasteiger partial charge in [-0.05, 0) is 60.6 Å². The number of aromatic amines is 1. The fraction of sp³-hybridized carbons (Fsp3) is 0.478. The molecular formula is C23H29NO4. The molecule has 0 amide bonds. The van der Waals surface area contributed by atoms with E-state index in [-0.39, 0.29) is 16.9 Å². The number of aryl methyl sites for hydroxylation is 1. The van der Waals surface area contributed by atoms with E-state index in [4.69, 9.17) is 4.74 Å². The Morgan fingerprint density at radius 3 is 2.64 bits per heavy atom. The van der Waals surface area contributed by atoms with Crippen LogP contribution in [0.1, 0.15) is 67.6 Å². The predicted octanol–water partition coefficient (Wildman–Crippen LogP) is 4.70. The van der Waals surface area contributed by atoms with Gasteiger partial charge in [-0.25, -0.2) is 4.79 Å². The summed E-state index contributed by atoms with van der Waals surface area (Å²) in [7, 11) is 0. The van der Waals surface area contributed by atoms with Crippen LogP contribution in [0.2, 0.25) is 0 Å². The number of H-pyrrole nitrogens is 1. The Labute approximate surface area is 165 Å². The molecule has 0 aliphatic heterocycles. The van der Waals surface area contributed by atoms with Crippen LogP contribution in [0.5, 0.6) is 5.75 Å². The summed E-state index contributed by atoms with van der Waals surface area (Å²) in [5, 5.41) is 9.42. The van der Waals surface area contributed by atoms with Gasteiger partial charge in [0.25, 0.3) is 5.56 Å². The average molecular weight is 383 g/mol. The number of carbonyl (C=O) groups is 1. The molecule has 2 aromatic rings. The van der Waals surface area contributed by atoms with Crippen molar-refractivity contribution in [3.8, 4) is 17.0 Å². The Bertz CT molecular complexity index is 973. The monoisotopic (exact) mass is 383 g/mol. The SMILES string of the molecule is CCCCOc1cc2c(cc1C)-c1[nH]c(=O)c(C(=O)O)cc1C(C)(C(C)C)C2. The number of pyridine rings is 1. The number of unbranched alkanes of at least 4 members (excludes halogenated alkanes) is 1. The Hall–Kier alpha value is -2.56. The second-order valence-electron chi connectivity index (χ2n) is 8.33. The summed E-state index contributed by atoms with van der Waals surface area (Å²) in [6.45, 7) is 11.2. The molecule has 0 radical (unpaired) electrons. The van der Waals surface area contributed by atoms with Crippen molar-refractivity contribution < 1.29 is 14.6 Å². The molecule has 1 aliphatic carbocycles. The van der Waals surface area contributed by atoms with Crippen LogP contribution in [-0.4, -0.2) is 22.7 Å². The lowest BCUT2D eigenvalue weighted by Gasteiger charge is -2.40. The lowest BCUT2D eigenvalue weighted by Crippen LogP contribution is -2.37. The standard InChI is InChI=1S/C23H29NO4/c1-6-7-8-28-19-10-15-12-23(5,13(2)3)18-11-17(22(26)27)21(25)24-20(18)16(15)9-14(19)4/h9-11,13H,6-8,12H2,1-5H3,(H,24,25)(H,26,27). The topological polar surface area (TPSA) is 79.4 Å². The van der Waals surface area contributed by atoms with E-state index in [1.54, 1.807) is 6.07 Å². The molecule has 3 rings (SSSR count). The van der Waals surface area contributed by atoms with Gasteiger partial charge in [0.15, 0.2) is 0 Å². The maximum atomic E-state index is 12.4. The first kappa shape index (κ1) is 20.2. The summed E-state index contributed by atoms with van der Waals surface area (Å²) < 4.78 is 5.98. The summed E-state index contributed by atoms with van der Waals surface area (Å²) in [6, 6.07) is 5.71. The Kier molecular flexibility index (Phi) is 5.37. The van der Waals surface area contributed by atoms with Crippen LogP contribution in [-0.2, 0) is 11.8 Å². The van der Waals surface area contributed by atoms with Gasteiger partial charge in [0, 0.05) is 11.0 Å². The van der Waals surface area contributed by atoms with Crippen LogP contribution in [0, 0.1) is 12.8 Å². The third-order valence-electron chi connectivity index (χ3n) is 6.14. The number of benzene rings is 1. The number of carboxylic acids is 1. The number of ether oxygens (including phenoxy) is 1. The van der Waals surface area contributed by atoms with Gasteiger partial charge >= 0.3 is 5.97 Å². The van der Waals surface area contributed by atoms with E-state index in [2.05, 4.69) is 38.7 Å². The van der Waals surface area contributed by atoms with Gasteiger partial charge < -0.3 is 14.8 Å². The number of rotatable bonds is 6. The van der Waals surface area contributed by atoms with Crippen molar-refractivity contribution in [2.24, 2.45) is 5.92 Å². The number of hydrogen-bond donors (Lipinski definition) is 2. The summed E-state index contributed by atoms with van der Waals surface area (Å²) in [6.07, 6.45) is 2.85. The van der Waals surface area contributed by atoms with Crippen LogP contribution >= 0.6 is 0 Å². The first-order valence-electron chi connectivity index (χ1n) is 9.96. The highest BCUT2D eigenvalue weighted by molar-refractivity contribution is 5.88. The molecule has 5 heteroatoms. The zero-order valence-corrected chi connectivity index (χ0v) is 17.3. The highest BCUT2D eigenvalue weighted by Crippen LogP contribution is 2.47. The van der Waals surface area contributed by atoms with Gasteiger partial charge in [-0.15, -0.1) is 0 Å². The lowest BCUT2D eigenvalue weighted by atomic mass is 9.64. The number of fused-ring (bicyclic) bond motifs is 3. The molecule has 0 fully saturated rings. The summed E-state index contributed by atoms with van der Waals surface area (Å²) in [4.78, 5) is 26.8. The maximum absolute atomic E-state index is 12.4. The predicted molar refractivity (Wildman–Crippen MR) is 110 cm³/mol. The molecule has 1 atom stereocenters. The first-order chi connectivity index (χ1) is 13.2. The second kappa shape index (κ2) is 7.46. The number of carboxylic acid groups (broad SMARTS) is 1. The lowest BCUT2D eigenvalue weighted by molar-refractivity contribution is 0.0694. The van der Waals surface area contributed by atoms with E-state index in [0.29, 0.717) is 6.61 Å². The molecule has 1 unspecified atom stereocenters. The minimum absolute atomic E-state index is 0.203. The Morgan fingerprint density at radius 1 is 1.32 bits per heavy atom. The molecule has 0 saturated carbocycles. The number of aromatic carboxylic acids is 1. The molecular weight excluding hydrogens is 354 g/mol. The van der Waals surface area contributed by atoms with Crippen molar-refractivity contribution in [3.05, 3.63) is 50.8 Å². The number of hydrogen-bond acceptors (Lipinski definition) is 3. The smallest absolute Gasteiger partial charge is 0.341 e. The fourth-order valence-corrected chi connectivity index (χ4v) is 3.95. The van der Waals surface area contributed by atoms with Gasteiger partial charge in [0.05, 0.1) is 12.3 Å². The van der Waals surface area contributed by atoms with Crippen molar-refractivity contribution in [1.82, 2.24) is 4.98 Å². The average Bonchev–Trinajstić information content (AvgIpc) is 2.62. The molecule has 1 aliphatic rings. The maximum Gasteiger partial charge on any atom is 0.341 e.